The van der Waals surface area contributed by atoms with Gasteiger partial charge in [-0.3, -0.25) is 10.1 Å². The summed E-state index contributed by atoms with van der Waals surface area (Å²) in [6.07, 6.45) is 0. The van der Waals surface area contributed by atoms with Gasteiger partial charge in [-0.1, -0.05) is 12.1 Å². The number of hydrogen-bond acceptors (Lipinski definition) is 7. The second-order valence-electron chi connectivity index (χ2n) is 5.93. The van der Waals surface area contributed by atoms with Gasteiger partial charge < -0.3 is 4.74 Å². The number of aromatic nitrogens is 1. The second kappa shape index (κ2) is 7.67. The number of nitrogens with zero attached hydrogens (tertiary/aromatic N) is 3. The van der Waals surface area contributed by atoms with Crippen molar-refractivity contribution in [3.63, 3.8) is 0 Å². The molecule has 0 saturated carbocycles. The van der Waals surface area contributed by atoms with Gasteiger partial charge in [-0.15, -0.1) is 0 Å². The van der Waals surface area contributed by atoms with Gasteiger partial charge in [0.05, 0.1) is 22.6 Å². The van der Waals surface area contributed by atoms with Crippen LogP contribution in [0.4, 0.5) is 5.69 Å². The van der Waals surface area contributed by atoms with Gasteiger partial charge in [-0.05, 0) is 35.9 Å². The van der Waals surface area contributed by atoms with E-state index < -0.39 is 14.9 Å². The van der Waals surface area contributed by atoms with Crippen LogP contribution in [0.15, 0.2) is 59.5 Å². The van der Waals surface area contributed by atoms with Crippen molar-refractivity contribution in [1.82, 2.24) is 4.98 Å². The summed E-state index contributed by atoms with van der Waals surface area (Å²) in [7, 11) is -2.47. The quantitative estimate of drug-likeness (QED) is 0.502. The molecule has 0 bridgehead atoms. The summed E-state index contributed by atoms with van der Waals surface area (Å²) >= 11 is 0. The zero-order chi connectivity index (χ0) is 21.2. The van der Waals surface area contributed by atoms with Crippen LogP contribution in [0.5, 0.6) is 5.88 Å². The third-order valence-electron chi connectivity index (χ3n) is 4.15. The number of nitriles is 1. The van der Waals surface area contributed by atoms with Crippen LogP contribution in [-0.2, 0) is 10.0 Å². The number of sulfonamides is 1. The standard InChI is InChI=1S/C19H14N4O5S/c1-28-19-14(11-20)10-17(12-4-8-16(9-5-12)29(21,26)27)18(22-19)13-2-6-15(7-3-13)23(24)25/h2-10H,1H3,(H2,21,26,27). The lowest BCUT2D eigenvalue weighted by atomic mass is 9.97. The number of nitro benzene ring substituents is 1. The first kappa shape index (κ1) is 19.9. The molecular formula is C19H14N4O5S. The van der Waals surface area contributed by atoms with Crippen molar-refractivity contribution in [1.29, 1.82) is 5.26 Å². The van der Waals surface area contributed by atoms with E-state index in [-0.39, 0.29) is 22.0 Å². The molecule has 10 heteroatoms. The van der Waals surface area contributed by atoms with Crippen LogP contribution in [-0.4, -0.2) is 25.4 Å². The van der Waals surface area contributed by atoms with Gasteiger partial charge in [0, 0.05) is 23.3 Å². The van der Waals surface area contributed by atoms with E-state index in [0.29, 0.717) is 22.4 Å². The van der Waals surface area contributed by atoms with E-state index in [1.54, 1.807) is 18.2 Å². The first-order valence-corrected chi connectivity index (χ1v) is 9.66. The minimum absolute atomic E-state index is 0.0555. The Morgan fingerprint density at radius 3 is 2.17 bits per heavy atom. The fourth-order valence-corrected chi connectivity index (χ4v) is 3.25. The maximum Gasteiger partial charge on any atom is 0.269 e. The Balaban J connectivity index is 2.22. The predicted octanol–water partition coefficient (Wildman–Crippen LogP) is 2.85. The number of primary sulfonamides is 1. The normalized spacial score (nSPS) is 10.9. The molecule has 0 radical (unpaired) electrons. The maximum absolute atomic E-state index is 11.5. The van der Waals surface area contributed by atoms with Gasteiger partial charge >= 0.3 is 0 Å². The van der Waals surface area contributed by atoms with Gasteiger partial charge in [-0.25, -0.2) is 18.5 Å². The van der Waals surface area contributed by atoms with Crippen LogP contribution in [0.3, 0.4) is 0 Å². The molecule has 9 nitrogen and oxygen atoms in total. The largest absolute Gasteiger partial charge is 0.480 e. The Morgan fingerprint density at radius 2 is 1.69 bits per heavy atom. The van der Waals surface area contributed by atoms with E-state index in [2.05, 4.69) is 4.98 Å². The molecular weight excluding hydrogens is 396 g/mol. The molecule has 1 aromatic heterocycles. The van der Waals surface area contributed by atoms with Gasteiger partial charge in [0.1, 0.15) is 11.6 Å². The minimum atomic E-state index is -3.85. The van der Waals surface area contributed by atoms with Crippen LogP contribution >= 0.6 is 0 Å². The first-order chi connectivity index (χ1) is 13.7. The zero-order valence-corrected chi connectivity index (χ0v) is 15.9. The highest BCUT2D eigenvalue weighted by Gasteiger charge is 2.17. The summed E-state index contributed by atoms with van der Waals surface area (Å²) in [4.78, 5) is 14.7. The lowest BCUT2D eigenvalue weighted by Crippen LogP contribution is -2.11. The lowest BCUT2D eigenvalue weighted by Gasteiger charge is -2.13. The molecule has 0 saturated heterocycles. The highest BCUT2D eigenvalue weighted by molar-refractivity contribution is 7.89. The first-order valence-electron chi connectivity index (χ1n) is 8.12. The molecule has 0 fully saturated rings. The molecule has 2 N–H and O–H groups in total. The van der Waals surface area contributed by atoms with Crippen molar-refractivity contribution in [2.24, 2.45) is 5.14 Å². The van der Waals surface area contributed by atoms with Crippen molar-refractivity contribution in [3.05, 3.63) is 70.3 Å². The van der Waals surface area contributed by atoms with Gasteiger partial charge in [-0.2, -0.15) is 5.26 Å². The monoisotopic (exact) mass is 410 g/mol. The SMILES string of the molecule is COc1nc(-c2ccc([N+](=O)[O-])cc2)c(-c2ccc(S(N)(=O)=O)cc2)cc1C#N. The smallest absolute Gasteiger partial charge is 0.269 e. The number of hydrogen-bond donors (Lipinski definition) is 1. The van der Waals surface area contributed by atoms with E-state index in [9.17, 15) is 23.8 Å². The molecule has 3 rings (SSSR count). The van der Waals surface area contributed by atoms with Crippen molar-refractivity contribution >= 4 is 15.7 Å². The molecule has 2 aromatic carbocycles. The second-order valence-corrected chi connectivity index (χ2v) is 7.49. The molecule has 29 heavy (non-hydrogen) atoms. The Kier molecular flexibility index (Phi) is 5.27. The van der Waals surface area contributed by atoms with E-state index in [4.69, 9.17) is 9.88 Å². The van der Waals surface area contributed by atoms with Crippen molar-refractivity contribution in [2.75, 3.05) is 7.11 Å². The number of benzene rings is 2. The van der Waals surface area contributed by atoms with Gasteiger partial charge in [0.25, 0.3) is 5.69 Å². The Morgan fingerprint density at radius 1 is 1.10 bits per heavy atom. The topological polar surface area (TPSA) is 149 Å². The van der Waals surface area contributed by atoms with Crippen molar-refractivity contribution in [3.8, 4) is 34.3 Å². The molecule has 0 amide bonds. The van der Waals surface area contributed by atoms with Crippen molar-refractivity contribution in [2.45, 2.75) is 4.90 Å². The fourth-order valence-electron chi connectivity index (χ4n) is 2.74. The van der Waals surface area contributed by atoms with Gasteiger partial charge in [0.15, 0.2) is 0 Å². The van der Waals surface area contributed by atoms with E-state index in [1.807, 2.05) is 6.07 Å². The summed E-state index contributed by atoms with van der Waals surface area (Å²) in [6.45, 7) is 0. The number of ether oxygens (including phenoxy) is 1. The Labute approximate surface area is 166 Å². The summed E-state index contributed by atoms with van der Waals surface area (Å²) in [6, 6.07) is 15.1. The van der Waals surface area contributed by atoms with Crippen LogP contribution in [0.25, 0.3) is 22.4 Å². The molecule has 3 aromatic rings. The molecule has 0 spiro atoms. The minimum Gasteiger partial charge on any atom is -0.480 e. The molecule has 0 unspecified atom stereocenters. The van der Waals surface area contributed by atoms with Crippen LogP contribution in [0.2, 0.25) is 0 Å². The Hall–Kier alpha value is -3.81. The third-order valence-corrected chi connectivity index (χ3v) is 5.08. The molecule has 1 heterocycles. The summed E-state index contributed by atoms with van der Waals surface area (Å²) in [5, 5.41) is 25.4. The average Bonchev–Trinajstić information content (AvgIpc) is 2.72. The van der Waals surface area contributed by atoms with Crippen molar-refractivity contribution < 1.29 is 18.1 Å². The number of rotatable bonds is 5. The zero-order valence-electron chi connectivity index (χ0n) is 15.1. The molecule has 0 aliphatic rings. The third kappa shape index (κ3) is 4.06. The summed E-state index contributed by atoms with van der Waals surface area (Å²) < 4.78 is 28.2. The number of nitrogens with two attached hydrogens (primary N) is 1. The number of non-ortho nitro benzene ring substituents is 1. The van der Waals surface area contributed by atoms with Crippen LogP contribution in [0.1, 0.15) is 5.56 Å². The molecule has 146 valence electrons. The summed E-state index contributed by atoms with van der Waals surface area (Å²) in [5.74, 6) is 0.103. The highest BCUT2D eigenvalue weighted by Crippen LogP contribution is 2.35. The average molecular weight is 410 g/mol. The predicted molar refractivity (Wildman–Crippen MR) is 104 cm³/mol. The van der Waals surface area contributed by atoms with E-state index in [0.717, 1.165) is 0 Å². The molecule has 0 aliphatic heterocycles. The van der Waals surface area contributed by atoms with Gasteiger partial charge in [0.2, 0.25) is 15.9 Å². The summed E-state index contributed by atoms with van der Waals surface area (Å²) in [5.41, 5.74) is 2.19. The number of pyridine rings is 1. The Bertz CT molecular complexity index is 1230. The number of nitro groups is 1. The molecule has 0 atom stereocenters. The molecule has 0 aliphatic carbocycles. The maximum atomic E-state index is 11.5. The lowest BCUT2D eigenvalue weighted by molar-refractivity contribution is -0.384. The van der Waals surface area contributed by atoms with Crippen LogP contribution in [0, 0.1) is 21.4 Å². The van der Waals surface area contributed by atoms with Crippen LogP contribution < -0.4 is 9.88 Å². The number of methoxy groups -OCH3 is 1. The van der Waals surface area contributed by atoms with E-state index in [1.165, 1.54) is 43.5 Å². The van der Waals surface area contributed by atoms with E-state index >= 15 is 0 Å². The fraction of sp³-hybridized carbons (Fsp3) is 0.0526. The highest BCUT2D eigenvalue weighted by atomic mass is 32.2.